The van der Waals surface area contributed by atoms with E-state index in [1.807, 2.05) is 0 Å². The fourth-order valence-corrected chi connectivity index (χ4v) is 2.62. The fraction of sp³-hybridized carbons (Fsp3) is 0.0500. The molecule has 1 aromatic heterocycles. The van der Waals surface area contributed by atoms with E-state index >= 15 is 0 Å². The SMILES string of the molecule is N#C/C(=C\c1cnn(-c2ccc(Cl)cc2)c1)C(=O)Nc1ccccc1C(F)(F)F. The molecule has 0 saturated carbocycles. The summed E-state index contributed by atoms with van der Waals surface area (Å²) in [6.07, 6.45) is -0.411. The van der Waals surface area contributed by atoms with Crippen molar-refractivity contribution in [1.82, 2.24) is 9.78 Å². The van der Waals surface area contributed by atoms with E-state index < -0.39 is 23.3 Å². The number of carbonyl (C=O) groups is 1. The first-order valence-electron chi connectivity index (χ1n) is 8.18. The standard InChI is InChI=1S/C20H12ClF3N4O/c21-15-5-7-16(8-6-15)28-12-13(11-26-28)9-14(10-25)19(29)27-18-4-2-1-3-17(18)20(22,23)24/h1-9,11-12H,(H,27,29)/b14-9+. The molecule has 3 aromatic rings. The first kappa shape index (κ1) is 20.2. The number of hydrogen-bond donors (Lipinski definition) is 1. The van der Waals surface area contributed by atoms with E-state index in [2.05, 4.69) is 10.4 Å². The van der Waals surface area contributed by atoms with Gasteiger partial charge in [-0.1, -0.05) is 23.7 Å². The van der Waals surface area contributed by atoms with Crippen LogP contribution in [0, 0.1) is 11.3 Å². The van der Waals surface area contributed by atoms with E-state index in [-0.39, 0.29) is 5.57 Å². The molecule has 0 spiro atoms. The van der Waals surface area contributed by atoms with Gasteiger partial charge >= 0.3 is 6.18 Å². The number of nitrogens with zero attached hydrogens (tertiary/aromatic N) is 3. The number of hydrogen-bond acceptors (Lipinski definition) is 3. The summed E-state index contributed by atoms with van der Waals surface area (Å²) in [6, 6.07) is 13.1. The molecule has 5 nitrogen and oxygen atoms in total. The third kappa shape index (κ3) is 4.83. The quantitative estimate of drug-likeness (QED) is 0.475. The van der Waals surface area contributed by atoms with Crippen molar-refractivity contribution >= 4 is 29.3 Å². The van der Waals surface area contributed by atoms with Crippen molar-refractivity contribution in [3.8, 4) is 11.8 Å². The summed E-state index contributed by atoms with van der Waals surface area (Å²) in [7, 11) is 0. The highest BCUT2D eigenvalue weighted by Crippen LogP contribution is 2.34. The van der Waals surface area contributed by atoms with Crippen molar-refractivity contribution in [2.45, 2.75) is 6.18 Å². The molecule has 3 rings (SSSR count). The van der Waals surface area contributed by atoms with Gasteiger partial charge in [-0.05, 0) is 42.5 Å². The zero-order valence-electron chi connectivity index (χ0n) is 14.6. The predicted molar refractivity (Wildman–Crippen MR) is 102 cm³/mol. The van der Waals surface area contributed by atoms with Gasteiger partial charge in [0.25, 0.3) is 5.91 Å². The van der Waals surface area contributed by atoms with Gasteiger partial charge in [0.15, 0.2) is 0 Å². The maximum absolute atomic E-state index is 13.1. The molecular formula is C20H12ClF3N4O. The Kier molecular flexibility index (Phi) is 5.71. The molecule has 29 heavy (non-hydrogen) atoms. The van der Waals surface area contributed by atoms with Crippen LogP contribution < -0.4 is 5.32 Å². The molecule has 146 valence electrons. The lowest BCUT2D eigenvalue weighted by atomic mass is 10.1. The highest BCUT2D eigenvalue weighted by molar-refractivity contribution is 6.30. The molecule has 0 aliphatic heterocycles. The zero-order chi connectivity index (χ0) is 21.0. The van der Waals surface area contributed by atoms with Gasteiger partial charge in [0, 0.05) is 16.8 Å². The molecule has 0 unspecified atom stereocenters. The molecule has 0 bridgehead atoms. The molecule has 0 aliphatic rings. The lowest BCUT2D eigenvalue weighted by Crippen LogP contribution is -2.17. The maximum Gasteiger partial charge on any atom is 0.418 e. The number of para-hydroxylation sites is 1. The lowest BCUT2D eigenvalue weighted by Gasteiger charge is -2.13. The lowest BCUT2D eigenvalue weighted by molar-refractivity contribution is -0.137. The molecule has 9 heteroatoms. The molecule has 0 fully saturated rings. The molecule has 0 atom stereocenters. The predicted octanol–water partition coefficient (Wildman–Crippen LogP) is 5.09. The molecule has 2 aromatic carbocycles. The van der Waals surface area contributed by atoms with Crippen LogP contribution in [0.5, 0.6) is 0 Å². The number of carbonyl (C=O) groups excluding carboxylic acids is 1. The Balaban J connectivity index is 1.83. The van der Waals surface area contributed by atoms with E-state index in [0.717, 1.165) is 12.1 Å². The van der Waals surface area contributed by atoms with Crippen LogP contribution in [-0.4, -0.2) is 15.7 Å². The minimum absolute atomic E-state index is 0.363. The number of nitrogens with one attached hydrogen (secondary N) is 1. The van der Waals surface area contributed by atoms with Gasteiger partial charge in [-0.25, -0.2) is 4.68 Å². The minimum atomic E-state index is -4.64. The number of anilines is 1. The van der Waals surface area contributed by atoms with Gasteiger partial charge < -0.3 is 5.32 Å². The summed E-state index contributed by atoms with van der Waals surface area (Å²) in [5.41, 5.74) is -0.659. The van der Waals surface area contributed by atoms with Crippen LogP contribution >= 0.6 is 11.6 Å². The Hall–Kier alpha value is -3.57. The highest BCUT2D eigenvalue weighted by Gasteiger charge is 2.33. The number of aromatic nitrogens is 2. The number of amides is 1. The second-order valence-electron chi connectivity index (χ2n) is 5.86. The number of rotatable bonds is 4. The fourth-order valence-electron chi connectivity index (χ4n) is 2.49. The Morgan fingerprint density at radius 3 is 2.52 bits per heavy atom. The largest absolute Gasteiger partial charge is 0.418 e. The van der Waals surface area contributed by atoms with E-state index in [0.29, 0.717) is 16.3 Å². The number of alkyl halides is 3. The van der Waals surface area contributed by atoms with E-state index in [4.69, 9.17) is 11.6 Å². The summed E-state index contributed by atoms with van der Waals surface area (Å²) >= 11 is 5.84. The number of benzene rings is 2. The molecule has 0 radical (unpaired) electrons. The topological polar surface area (TPSA) is 70.7 Å². The Labute approximate surface area is 168 Å². The molecule has 1 amide bonds. The summed E-state index contributed by atoms with van der Waals surface area (Å²) in [5.74, 6) is -0.955. The van der Waals surface area contributed by atoms with Gasteiger partial charge in [-0.2, -0.15) is 23.5 Å². The van der Waals surface area contributed by atoms with Crippen molar-refractivity contribution < 1.29 is 18.0 Å². The number of nitriles is 1. The van der Waals surface area contributed by atoms with Crippen molar-refractivity contribution in [3.05, 3.63) is 82.6 Å². The third-order valence-electron chi connectivity index (χ3n) is 3.85. The normalized spacial score (nSPS) is 11.8. The van der Waals surface area contributed by atoms with Gasteiger partial charge in [-0.15, -0.1) is 0 Å². The maximum atomic E-state index is 13.1. The number of halogens is 4. The van der Waals surface area contributed by atoms with Gasteiger partial charge in [-0.3, -0.25) is 4.79 Å². The Morgan fingerprint density at radius 2 is 1.86 bits per heavy atom. The third-order valence-corrected chi connectivity index (χ3v) is 4.10. The van der Waals surface area contributed by atoms with Crippen LogP contribution in [0.4, 0.5) is 18.9 Å². The van der Waals surface area contributed by atoms with Crippen LogP contribution in [0.2, 0.25) is 5.02 Å². The van der Waals surface area contributed by atoms with Crippen molar-refractivity contribution in [1.29, 1.82) is 5.26 Å². The Bertz CT molecular complexity index is 1110. The van der Waals surface area contributed by atoms with E-state index in [1.54, 1.807) is 36.5 Å². The van der Waals surface area contributed by atoms with E-state index in [1.165, 1.54) is 29.1 Å². The average Bonchev–Trinajstić information content (AvgIpc) is 3.15. The first-order chi connectivity index (χ1) is 13.8. The zero-order valence-corrected chi connectivity index (χ0v) is 15.4. The summed E-state index contributed by atoms with van der Waals surface area (Å²) in [4.78, 5) is 12.3. The first-order valence-corrected chi connectivity index (χ1v) is 8.56. The minimum Gasteiger partial charge on any atom is -0.321 e. The van der Waals surface area contributed by atoms with Crippen molar-refractivity contribution in [2.24, 2.45) is 0 Å². The molecule has 0 aliphatic carbocycles. The van der Waals surface area contributed by atoms with Crippen LogP contribution in [0.3, 0.4) is 0 Å². The van der Waals surface area contributed by atoms with E-state index in [9.17, 15) is 23.2 Å². The van der Waals surface area contributed by atoms with Gasteiger partial charge in [0.2, 0.25) is 0 Å². The average molecular weight is 417 g/mol. The van der Waals surface area contributed by atoms with Crippen LogP contribution in [0.25, 0.3) is 11.8 Å². The smallest absolute Gasteiger partial charge is 0.321 e. The van der Waals surface area contributed by atoms with Crippen molar-refractivity contribution in [3.63, 3.8) is 0 Å². The summed E-state index contributed by atoms with van der Waals surface area (Å²) < 4.78 is 40.7. The summed E-state index contributed by atoms with van der Waals surface area (Å²) in [6.45, 7) is 0. The summed E-state index contributed by atoms with van der Waals surface area (Å²) in [5, 5.41) is 16.1. The monoisotopic (exact) mass is 416 g/mol. The van der Waals surface area contributed by atoms with Crippen LogP contribution in [0.1, 0.15) is 11.1 Å². The van der Waals surface area contributed by atoms with Crippen LogP contribution in [-0.2, 0) is 11.0 Å². The molecule has 1 N–H and O–H groups in total. The molecule has 0 saturated heterocycles. The second kappa shape index (κ2) is 8.20. The molecule has 1 heterocycles. The van der Waals surface area contributed by atoms with Crippen LogP contribution in [0.15, 0.2) is 66.5 Å². The van der Waals surface area contributed by atoms with Gasteiger partial charge in [0.05, 0.1) is 23.1 Å². The molecular weight excluding hydrogens is 405 g/mol. The highest BCUT2D eigenvalue weighted by atomic mass is 35.5. The van der Waals surface area contributed by atoms with Crippen molar-refractivity contribution in [2.75, 3.05) is 5.32 Å². The Morgan fingerprint density at radius 1 is 1.17 bits per heavy atom. The second-order valence-corrected chi connectivity index (χ2v) is 6.30. The van der Waals surface area contributed by atoms with Gasteiger partial charge in [0.1, 0.15) is 11.6 Å².